The van der Waals surface area contributed by atoms with Crippen LogP contribution in [0, 0.1) is 18.3 Å². The quantitative estimate of drug-likeness (QED) is 0.0828. The van der Waals surface area contributed by atoms with Gasteiger partial charge in [-0.15, -0.1) is 11.3 Å². The molecule has 4 amide bonds. The number of aliphatic hydroxyl groups is 1. The molecular weight excluding hydrogens is 904 g/mol. The van der Waals surface area contributed by atoms with Crippen molar-refractivity contribution in [3.8, 4) is 28.0 Å². The van der Waals surface area contributed by atoms with Gasteiger partial charge in [-0.1, -0.05) is 12.1 Å². The number of aryl methyl sites for hydroxylation is 1. The van der Waals surface area contributed by atoms with E-state index in [2.05, 4.69) is 15.6 Å². The van der Waals surface area contributed by atoms with E-state index in [-0.39, 0.29) is 82.4 Å². The van der Waals surface area contributed by atoms with E-state index in [4.69, 9.17) is 31.2 Å². The topological polar surface area (TPSA) is 196 Å². The lowest BCUT2D eigenvalue weighted by Gasteiger charge is -2.29. The molecule has 2 aliphatic heterocycles. The molecule has 2 saturated heterocycles. The van der Waals surface area contributed by atoms with Crippen molar-refractivity contribution in [1.82, 2.24) is 20.5 Å². The van der Waals surface area contributed by atoms with Gasteiger partial charge in [-0.2, -0.15) is 18.4 Å². The maximum absolute atomic E-state index is 13.7. The van der Waals surface area contributed by atoms with Crippen LogP contribution in [-0.4, -0.2) is 114 Å². The van der Waals surface area contributed by atoms with E-state index in [1.54, 1.807) is 48.5 Å². The molecule has 3 heterocycles. The number of likely N-dealkylation sites (tertiary alicyclic amines) is 1. The van der Waals surface area contributed by atoms with Gasteiger partial charge in [-0.3, -0.25) is 24.1 Å². The number of rotatable bonds is 19. The fourth-order valence-electron chi connectivity index (χ4n) is 7.40. The maximum atomic E-state index is 13.7. The summed E-state index contributed by atoms with van der Waals surface area (Å²) < 4.78 is 64.5. The number of hydrogen-bond donors (Lipinski definition) is 3. The molecule has 2 atom stereocenters. The number of alkyl halides is 3. The zero-order valence-electron chi connectivity index (χ0n) is 36.5. The Bertz CT molecular complexity index is 2480. The van der Waals surface area contributed by atoms with Crippen molar-refractivity contribution in [1.29, 1.82) is 5.26 Å². The highest BCUT2D eigenvalue weighted by Crippen LogP contribution is 2.40. The Kier molecular flexibility index (Phi) is 16.0. The van der Waals surface area contributed by atoms with Gasteiger partial charge in [0.15, 0.2) is 5.11 Å². The lowest BCUT2D eigenvalue weighted by Crippen LogP contribution is -2.48. The molecule has 350 valence electrons. The van der Waals surface area contributed by atoms with Gasteiger partial charge >= 0.3 is 6.18 Å². The number of aliphatic hydroxyl groups excluding tert-OH is 1. The summed E-state index contributed by atoms with van der Waals surface area (Å²) >= 11 is 7.10. The molecule has 0 saturated carbocycles. The van der Waals surface area contributed by atoms with Crippen LogP contribution in [0.2, 0.25) is 0 Å². The van der Waals surface area contributed by atoms with Crippen molar-refractivity contribution in [3.63, 3.8) is 0 Å². The number of ether oxygens (including phenoxy) is 4. The standard InChI is InChI=1S/C45H48F3N7O9S2/c1-27-40(66-26-52-27)29-5-6-31(23-51-41(59)37-21-34(57)25-53(37)39(58)24-50-28(2)56)38(19-29)64-18-16-62-14-13-61-15-17-63-35-11-9-32(10-12-35)55-43(65)54(42(60)44(55,3)4)33-8-7-30(22-49)36(20-33)45(46,47)48/h5-12,19-20,26,34,37,57H,13-18,21,23-25H2,1-4H3,(H,50,56)(H,51,59)/t34-,37+/m1/s1. The average molecular weight is 952 g/mol. The number of benzene rings is 3. The average Bonchev–Trinajstić information content (AvgIpc) is 3.94. The molecule has 6 rings (SSSR count). The number of β-amino-alcohol motifs (C(OH)–C–C–N with tert-alkyl or cyclic N) is 1. The molecule has 4 aromatic rings. The van der Waals surface area contributed by atoms with Gasteiger partial charge in [0, 0.05) is 37.7 Å². The zero-order valence-corrected chi connectivity index (χ0v) is 38.1. The highest BCUT2D eigenvalue weighted by molar-refractivity contribution is 7.81. The maximum Gasteiger partial charge on any atom is 0.417 e. The Morgan fingerprint density at radius 3 is 2.27 bits per heavy atom. The van der Waals surface area contributed by atoms with Crippen molar-refractivity contribution in [3.05, 3.63) is 88.6 Å². The second kappa shape index (κ2) is 21.4. The van der Waals surface area contributed by atoms with Crippen LogP contribution in [0.25, 0.3) is 10.4 Å². The van der Waals surface area contributed by atoms with Gasteiger partial charge in [0.2, 0.25) is 17.7 Å². The first-order chi connectivity index (χ1) is 31.4. The smallest absolute Gasteiger partial charge is 0.417 e. The summed E-state index contributed by atoms with van der Waals surface area (Å²) in [6.45, 7) is 7.64. The second-order valence-corrected chi connectivity index (χ2v) is 17.0. The number of nitrogens with one attached hydrogen (secondary N) is 2. The zero-order chi connectivity index (χ0) is 47.8. The van der Waals surface area contributed by atoms with Crippen LogP contribution in [0.4, 0.5) is 24.5 Å². The van der Waals surface area contributed by atoms with Gasteiger partial charge in [0.05, 0.1) is 78.0 Å². The summed E-state index contributed by atoms with van der Waals surface area (Å²) in [6, 6.07) is 16.0. The predicted octanol–water partition coefficient (Wildman–Crippen LogP) is 5.13. The number of hydrogen-bond acceptors (Lipinski definition) is 13. The molecule has 2 fully saturated rings. The van der Waals surface area contributed by atoms with Crippen molar-refractivity contribution in [2.45, 2.75) is 64.5 Å². The molecular formula is C45H48F3N7O9S2. The van der Waals surface area contributed by atoms with Crippen LogP contribution in [-0.2, 0) is 41.4 Å². The number of anilines is 2. The predicted molar refractivity (Wildman–Crippen MR) is 241 cm³/mol. The Hall–Kier alpha value is -6.18. The van der Waals surface area contributed by atoms with Crippen LogP contribution in [0.3, 0.4) is 0 Å². The first-order valence-electron chi connectivity index (χ1n) is 20.7. The van der Waals surface area contributed by atoms with Crippen molar-refractivity contribution >= 4 is 63.7 Å². The van der Waals surface area contributed by atoms with Crippen molar-refractivity contribution in [2.24, 2.45) is 0 Å². The minimum absolute atomic E-state index is 0.0162. The van der Waals surface area contributed by atoms with Gasteiger partial charge < -0.3 is 44.5 Å². The highest BCUT2D eigenvalue weighted by atomic mass is 32.1. The summed E-state index contributed by atoms with van der Waals surface area (Å²) in [5.41, 5.74) is 1.64. The van der Waals surface area contributed by atoms with Crippen molar-refractivity contribution < 1.29 is 56.4 Å². The molecule has 0 spiro atoms. The molecule has 66 heavy (non-hydrogen) atoms. The Morgan fingerprint density at radius 1 is 0.970 bits per heavy atom. The van der Waals surface area contributed by atoms with E-state index in [0.717, 1.165) is 33.2 Å². The van der Waals surface area contributed by atoms with Gasteiger partial charge in [-0.05, 0) is 87.1 Å². The van der Waals surface area contributed by atoms with Gasteiger partial charge in [0.25, 0.3) is 5.91 Å². The number of aromatic nitrogens is 1. The highest BCUT2D eigenvalue weighted by Gasteiger charge is 2.51. The Balaban J connectivity index is 0.943. The molecule has 3 aromatic carbocycles. The van der Waals surface area contributed by atoms with Crippen LogP contribution in [0.5, 0.6) is 11.5 Å². The number of amides is 4. The molecule has 0 aliphatic carbocycles. The minimum Gasteiger partial charge on any atom is -0.491 e. The van der Waals surface area contributed by atoms with E-state index in [1.807, 2.05) is 25.1 Å². The SMILES string of the molecule is CC(=O)NCC(=O)N1C[C@H](O)C[C@H]1C(=O)NCc1ccc(-c2scnc2C)cc1OCCOCCOCCOc1ccc(N2C(=S)N(c3ccc(C#N)c(C(F)(F)F)c3)C(=O)C2(C)C)cc1. The summed E-state index contributed by atoms with van der Waals surface area (Å²) in [4.78, 5) is 60.0. The van der Waals surface area contributed by atoms with Crippen LogP contribution < -0.4 is 29.9 Å². The van der Waals surface area contributed by atoms with E-state index in [9.17, 15) is 42.7 Å². The lowest BCUT2D eigenvalue weighted by molar-refractivity contribution is -0.138. The third-order valence-electron chi connectivity index (χ3n) is 10.7. The summed E-state index contributed by atoms with van der Waals surface area (Å²) in [7, 11) is 0. The monoisotopic (exact) mass is 951 g/mol. The Morgan fingerprint density at radius 2 is 1.64 bits per heavy atom. The van der Waals surface area contributed by atoms with Crippen LogP contribution in [0.1, 0.15) is 49.6 Å². The fraction of sp³-hybridized carbons (Fsp3) is 0.400. The molecule has 0 unspecified atom stereocenters. The molecule has 0 bridgehead atoms. The summed E-state index contributed by atoms with van der Waals surface area (Å²) in [5, 5.41) is 24.7. The van der Waals surface area contributed by atoms with E-state index < -0.39 is 52.7 Å². The molecule has 16 nitrogen and oxygen atoms in total. The number of thiocarbonyl (C=S) groups is 1. The van der Waals surface area contributed by atoms with Crippen LogP contribution >= 0.6 is 23.6 Å². The molecule has 21 heteroatoms. The molecule has 0 radical (unpaired) electrons. The van der Waals surface area contributed by atoms with E-state index in [0.29, 0.717) is 22.7 Å². The fourth-order valence-corrected chi connectivity index (χ4v) is 8.72. The number of carbonyl (C=O) groups is 4. The third kappa shape index (κ3) is 11.6. The Labute approximate surface area is 388 Å². The number of nitriles is 1. The summed E-state index contributed by atoms with van der Waals surface area (Å²) in [5.74, 6) is -0.807. The number of halogens is 3. The van der Waals surface area contributed by atoms with Gasteiger partial charge in [-0.25, -0.2) is 4.98 Å². The minimum atomic E-state index is -4.81. The number of nitrogens with zero attached hydrogens (tertiary/aromatic N) is 5. The van der Waals surface area contributed by atoms with E-state index in [1.165, 1.54) is 35.3 Å². The largest absolute Gasteiger partial charge is 0.491 e. The summed E-state index contributed by atoms with van der Waals surface area (Å²) in [6.07, 6.45) is -5.61. The second-order valence-electron chi connectivity index (χ2n) is 15.7. The first kappa shape index (κ1) is 49.3. The van der Waals surface area contributed by atoms with Crippen LogP contribution in [0.15, 0.2) is 66.2 Å². The third-order valence-corrected chi connectivity index (χ3v) is 12.1. The number of carbonyl (C=O) groups excluding carboxylic acids is 4. The van der Waals surface area contributed by atoms with Gasteiger partial charge in [0.1, 0.15) is 36.3 Å². The molecule has 3 N–H and O–H groups in total. The molecule has 1 aromatic heterocycles. The lowest BCUT2D eigenvalue weighted by atomic mass is 10.0. The molecule has 2 aliphatic rings. The number of thiazole rings is 1. The first-order valence-corrected chi connectivity index (χ1v) is 22.0. The van der Waals surface area contributed by atoms with E-state index >= 15 is 0 Å². The normalized spacial score (nSPS) is 16.9. The van der Waals surface area contributed by atoms with Crippen molar-refractivity contribution in [2.75, 3.05) is 62.5 Å².